The van der Waals surface area contributed by atoms with E-state index in [1.807, 2.05) is 11.9 Å². The molecule has 1 N–H and O–H groups in total. The topological polar surface area (TPSA) is 35.6 Å². The minimum absolute atomic E-state index is 0.196. The zero-order valence-electron chi connectivity index (χ0n) is 12.0. The zero-order valence-corrected chi connectivity index (χ0v) is 12.0. The minimum atomic E-state index is 0.196. The quantitative estimate of drug-likeness (QED) is 0.807. The third-order valence-electron chi connectivity index (χ3n) is 4.59. The number of carbonyl (C=O) groups excluding carboxylic acids is 1. The summed E-state index contributed by atoms with van der Waals surface area (Å²) in [6.07, 6.45) is 3.46. The van der Waals surface area contributed by atoms with E-state index >= 15 is 0 Å². The minimum Gasteiger partial charge on any atom is -0.345 e. The van der Waals surface area contributed by atoms with Gasteiger partial charge in [-0.2, -0.15) is 0 Å². The van der Waals surface area contributed by atoms with Crippen molar-refractivity contribution >= 4 is 5.91 Å². The number of nitrogens with zero attached hydrogens (tertiary/aromatic N) is 2. The van der Waals surface area contributed by atoms with Crippen LogP contribution in [0, 0.1) is 11.8 Å². The maximum atomic E-state index is 12.4. The molecule has 0 saturated carbocycles. The Bertz CT molecular complexity index is 287. The molecular formula is C14H27N3O. The molecule has 4 nitrogen and oxygen atoms in total. The molecule has 2 saturated heterocycles. The monoisotopic (exact) mass is 253 g/mol. The standard InChI is InChI=1S/C14H27N3O/c1-11-13(4-7-15-11)14(18)17(3)10-12-5-8-16(2)9-6-12/h11-13,15H,4-10H2,1-3H3. The molecule has 4 heteroatoms. The van der Waals surface area contributed by atoms with Crippen molar-refractivity contribution < 1.29 is 4.79 Å². The first-order chi connectivity index (χ1) is 8.58. The average Bonchev–Trinajstić information content (AvgIpc) is 2.77. The van der Waals surface area contributed by atoms with Gasteiger partial charge in [-0.15, -0.1) is 0 Å². The Morgan fingerprint density at radius 2 is 2.00 bits per heavy atom. The summed E-state index contributed by atoms with van der Waals surface area (Å²) in [5, 5.41) is 3.36. The highest BCUT2D eigenvalue weighted by Crippen LogP contribution is 2.21. The summed E-state index contributed by atoms with van der Waals surface area (Å²) in [6, 6.07) is 0.345. The van der Waals surface area contributed by atoms with Crippen molar-refractivity contribution in [3.8, 4) is 0 Å². The molecule has 2 aliphatic heterocycles. The van der Waals surface area contributed by atoms with Crippen LogP contribution in [0.15, 0.2) is 0 Å². The molecule has 0 aromatic rings. The van der Waals surface area contributed by atoms with Gasteiger partial charge in [-0.05, 0) is 58.8 Å². The highest BCUT2D eigenvalue weighted by molar-refractivity contribution is 5.79. The van der Waals surface area contributed by atoms with E-state index in [9.17, 15) is 4.79 Å². The molecule has 2 fully saturated rings. The predicted molar refractivity (Wildman–Crippen MR) is 73.4 cm³/mol. The Hall–Kier alpha value is -0.610. The van der Waals surface area contributed by atoms with Crippen LogP contribution in [-0.2, 0) is 4.79 Å². The number of amides is 1. The molecule has 0 aromatic heterocycles. The maximum absolute atomic E-state index is 12.4. The van der Waals surface area contributed by atoms with Gasteiger partial charge in [0.2, 0.25) is 5.91 Å². The van der Waals surface area contributed by atoms with E-state index in [0.717, 1.165) is 19.5 Å². The van der Waals surface area contributed by atoms with Crippen molar-refractivity contribution in [1.29, 1.82) is 0 Å². The van der Waals surface area contributed by atoms with Gasteiger partial charge >= 0.3 is 0 Å². The molecule has 0 bridgehead atoms. The van der Waals surface area contributed by atoms with E-state index < -0.39 is 0 Å². The summed E-state index contributed by atoms with van der Waals surface area (Å²) in [6.45, 7) is 6.40. The highest BCUT2D eigenvalue weighted by atomic mass is 16.2. The van der Waals surface area contributed by atoms with E-state index in [0.29, 0.717) is 17.9 Å². The molecular weight excluding hydrogens is 226 g/mol. The number of likely N-dealkylation sites (tertiary alicyclic amines) is 1. The Morgan fingerprint density at radius 3 is 2.56 bits per heavy atom. The van der Waals surface area contributed by atoms with Crippen molar-refractivity contribution in [2.45, 2.75) is 32.2 Å². The van der Waals surface area contributed by atoms with Gasteiger partial charge in [0.1, 0.15) is 0 Å². The van der Waals surface area contributed by atoms with Crippen LogP contribution >= 0.6 is 0 Å². The zero-order chi connectivity index (χ0) is 13.1. The summed E-state index contributed by atoms with van der Waals surface area (Å²) in [4.78, 5) is 16.7. The predicted octanol–water partition coefficient (Wildman–Crippen LogP) is 0.785. The number of hydrogen-bond acceptors (Lipinski definition) is 3. The fourth-order valence-corrected chi connectivity index (χ4v) is 3.20. The second-order valence-corrected chi connectivity index (χ2v) is 6.10. The van der Waals surface area contributed by atoms with Crippen molar-refractivity contribution in [2.75, 3.05) is 40.3 Å². The Kier molecular flexibility index (Phi) is 4.62. The lowest BCUT2D eigenvalue weighted by molar-refractivity contribution is -0.135. The fraction of sp³-hybridized carbons (Fsp3) is 0.929. The lowest BCUT2D eigenvalue weighted by Gasteiger charge is -2.32. The van der Waals surface area contributed by atoms with Crippen molar-refractivity contribution in [1.82, 2.24) is 15.1 Å². The second kappa shape index (κ2) is 6.02. The third-order valence-corrected chi connectivity index (χ3v) is 4.59. The Balaban J connectivity index is 1.80. The first-order valence-electron chi connectivity index (χ1n) is 7.25. The van der Waals surface area contributed by atoms with Crippen LogP contribution in [-0.4, -0.2) is 62.0 Å². The summed E-state index contributed by atoms with van der Waals surface area (Å²) in [7, 11) is 4.16. The van der Waals surface area contributed by atoms with E-state index in [1.165, 1.54) is 25.9 Å². The Labute approximate surface area is 111 Å². The van der Waals surface area contributed by atoms with E-state index in [2.05, 4.69) is 24.2 Å². The van der Waals surface area contributed by atoms with Crippen molar-refractivity contribution in [2.24, 2.45) is 11.8 Å². The van der Waals surface area contributed by atoms with Gasteiger partial charge in [-0.3, -0.25) is 4.79 Å². The first kappa shape index (κ1) is 13.8. The van der Waals surface area contributed by atoms with Crippen molar-refractivity contribution in [3.05, 3.63) is 0 Å². The SMILES string of the molecule is CC1NCCC1C(=O)N(C)CC1CCN(C)CC1. The number of carbonyl (C=O) groups is 1. The lowest BCUT2D eigenvalue weighted by atomic mass is 9.95. The summed E-state index contributed by atoms with van der Waals surface area (Å²) < 4.78 is 0. The maximum Gasteiger partial charge on any atom is 0.227 e. The largest absolute Gasteiger partial charge is 0.345 e. The number of hydrogen-bond donors (Lipinski definition) is 1. The normalized spacial score (nSPS) is 30.6. The van der Waals surface area contributed by atoms with Crippen molar-refractivity contribution in [3.63, 3.8) is 0 Å². The molecule has 0 radical (unpaired) electrons. The smallest absolute Gasteiger partial charge is 0.227 e. The van der Waals surface area contributed by atoms with Crippen LogP contribution in [0.25, 0.3) is 0 Å². The fourth-order valence-electron chi connectivity index (χ4n) is 3.20. The van der Waals surface area contributed by atoms with Crippen LogP contribution in [0.4, 0.5) is 0 Å². The van der Waals surface area contributed by atoms with E-state index in [-0.39, 0.29) is 5.92 Å². The van der Waals surface area contributed by atoms with Crippen LogP contribution in [0.2, 0.25) is 0 Å². The van der Waals surface area contributed by atoms with E-state index in [4.69, 9.17) is 0 Å². The van der Waals surface area contributed by atoms with Crippen LogP contribution < -0.4 is 5.32 Å². The molecule has 2 unspecified atom stereocenters. The molecule has 2 aliphatic rings. The molecule has 2 atom stereocenters. The highest BCUT2D eigenvalue weighted by Gasteiger charge is 2.32. The molecule has 1 amide bonds. The van der Waals surface area contributed by atoms with Gasteiger partial charge in [-0.25, -0.2) is 0 Å². The molecule has 2 heterocycles. The van der Waals surface area contributed by atoms with Crippen LogP contribution in [0.3, 0.4) is 0 Å². The number of piperidine rings is 1. The lowest BCUT2D eigenvalue weighted by Crippen LogP contribution is -2.42. The molecule has 104 valence electrons. The molecule has 0 aliphatic carbocycles. The van der Waals surface area contributed by atoms with Gasteiger partial charge < -0.3 is 15.1 Å². The van der Waals surface area contributed by atoms with Crippen LogP contribution in [0.5, 0.6) is 0 Å². The second-order valence-electron chi connectivity index (χ2n) is 6.10. The molecule has 18 heavy (non-hydrogen) atoms. The number of nitrogens with one attached hydrogen (secondary N) is 1. The molecule has 0 aromatic carbocycles. The molecule has 0 spiro atoms. The average molecular weight is 253 g/mol. The first-order valence-corrected chi connectivity index (χ1v) is 7.25. The molecule has 2 rings (SSSR count). The third kappa shape index (κ3) is 3.23. The van der Waals surface area contributed by atoms with Gasteiger partial charge in [0.05, 0.1) is 5.92 Å². The summed E-state index contributed by atoms with van der Waals surface area (Å²) in [5.74, 6) is 1.23. The van der Waals surface area contributed by atoms with Gasteiger partial charge in [0.15, 0.2) is 0 Å². The van der Waals surface area contributed by atoms with Gasteiger partial charge in [0, 0.05) is 19.6 Å². The van der Waals surface area contributed by atoms with E-state index in [1.54, 1.807) is 0 Å². The number of rotatable bonds is 3. The van der Waals surface area contributed by atoms with Crippen LogP contribution in [0.1, 0.15) is 26.2 Å². The van der Waals surface area contributed by atoms with Gasteiger partial charge in [-0.1, -0.05) is 0 Å². The summed E-state index contributed by atoms with van der Waals surface area (Å²) in [5.41, 5.74) is 0. The Morgan fingerprint density at radius 1 is 1.33 bits per heavy atom. The van der Waals surface area contributed by atoms with Gasteiger partial charge in [0.25, 0.3) is 0 Å². The summed E-state index contributed by atoms with van der Waals surface area (Å²) >= 11 is 0.